The van der Waals surface area contributed by atoms with Crippen molar-refractivity contribution in [2.75, 3.05) is 19.7 Å². The summed E-state index contributed by atoms with van der Waals surface area (Å²) in [5, 5.41) is 9.87. The molecule has 1 amide bonds. The molecule has 0 spiro atoms. The van der Waals surface area contributed by atoms with Gasteiger partial charge in [0.2, 0.25) is 5.91 Å². The van der Waals surface area contributed by atoms with Crippen LogP contribution in [0.4, 0.5) is 0 Å². The Hall–Kier alpha value is -1.32. The normalized spacial score (nSPS) is 20.1. The maximum Gasteiger partial charge on any atom is 0.246 e. The van der Waals surface area contributed by atoms with Gasteiger partial charge < -0.3 is 10.0 Å². The number of carbonyl (C=O) groups excluding carboxylic acids is 1. The summed E-state index contributed by atoms with van der Waals surface area (Å²) in [5.74, 6) is 0.210. The summed E-state index contributed by atoms with van der Waals surface area (Å²) < 4.78 is 0. The first-order valence-electron chi connectivity index (χ1n) is 6.94. The van der Waals surface area contributed by atoms with Crippen LogP contribution in [0.15, 0.2) is 30.3 Å². The third kappa shape index (κ3) is 3.62. The van der Waals surface area contributed by atoms with Gasteiger partial charge in [0, 0.05) is 30.8 Å². The van der Waals surface area contributed by atoms with Crippen molar-refractivity contribution in [3.8, 4) is 0 Å². The van der Waals surface area contributed by atoms with E-state index in [1.807, 2.05) is 36.1 Å². The molecule has 1 aliphatic heterocycles. The van der Waals surface area contributed by atoms with E-state index < -0.39 is 0 Å². The van der Waals surface area contributed by atoms with Crippen molar-refractivity contribution in [3.05, 3.63) is 40.9 Å². The second kappa shape index (κ2) is 6.91. The Morgan fingerprint density at radius 2 is 2.25 bits per heavy atom. The Morgan fingerprint density at radius 1 is 1.50 bits per heavy atom. The summed E-state index contributed by atoms with van der Waals surface area (Å²) in [6.45, 7) is 3.45. The molecular weight excluding hydrogens is 274 g/mol. The molecule has 20 heavy (non-hydrogen) atoms. The number of aliphatic hydroxyl groups excluding tert-OH is 1. The van der Waals surface area contributed by atoms with Crippen LogP contribution in [-0.2, 0) is 4.79 Å². The van der Waals surface area contributed by atoms with Crippen molar-refractivity contribution in [3.63, 3.8) is 0 Å². The van der Waals surface area contributed by atoms with E-state index in [0.717, 1.165) is 30.5 Å². The van der Waals surface area contributed by atoms with E-state index in [2.05, 4.69) is 0 Å². The van der Waals surface area contributed by atoms with E-state index in [0.29, 0.717) is 11.6 Å². The second-order valence-corrected chi connectivity index (χ2v) is 5.69. The number of halogens is 1. The van der Waals surface area contributed by atoms with Crippen molar-refractivity contribution in [2.45, 2.75) is 19.8 Å². The van der Waals surface area contributed by atoms with Gasteiger partial charge in [-0.15, -0.1) is 0 Å². The van der Waals surface area contributed by atoms with Gasteiger partial charge in [-0.05, 0) is 42.9 Å². The van der Waals surface area contributed by atoms with Crippen LogP contribution in [0, 0.1) is 5.92 Å². The average molecular weight is 294 g/mol. The number of rotatable bonds is 3. The summed E-state index contributed by atoms with van der Waals surface area (Å²) in [6.07, 6.45) is 3.59. The van der Waals surface area contributed by atoms with Gasteiger partial charge in [0.1, 0.15) is 0 Å². The van der Waals surface area contributed by atoms with Gasteiger partial charge in [0.15, 0.2) is 0 Å². The van der Waals surface area contributed by atoms with E-state index in [1.165, 1.54) is 0 Å². The van der Waals surface area contributed by atoms with E-state index in [9.17, 15) is 9.90 Å². The number of nitrogens with zero attached hydrogens (tertiary/aromatic N) is 1. The van der Waals surface area contributed by atoms with E-state index in [1.54, 1.807) is 6.08 Å². The van der Waals surface area contributed by atoms with Crippen LogP contribution in [0.1, 0.15) is 25.3 Å². The SMILES string of the molecule is C/C(=C/C(=O)N1CCCC(CO)C1)c1ccccc1Cl. The van der Waals surface area contributed by atoms with Crippen LogP contribution < -0.4 is 0 Å². The number of hydrogen-bond acceptors (Lipinski definition) is 2. The molecule has 2 rings (SSSR count). The smallest absolute Gasteiger partial charge is 0.246 e. The fraction of sp³-hybridized carbons (Fsp3) is 0.438. The highest BCUT2D eigenvalue weighted by Crippen LogP contribution is 2.24. The van der Waals surface area contributed by atoms with Gasteiger partial charge in [-0.1, -0.05) is 29.8 Å². The van der Waals surface area contributed by atoms with Crippen molar-refractivity contribution in [1.82, 2.24) is 4.90 Å². The topological polar surface area (TPSA) is 40.5 Å². The van der Waals surface area contributed by atoms with Crippen LogP contribution in [-0.4, -0.2) is 35.6 Å². The average Bonchev–Trinajstić information content (AvgIpc) is 2.47. The molecule has 0 aromatic heterocycles. The molecule has 1 unspecified atom stereocenters. The van der Waals surface area contributed by atoms with E-state index in [-0.39, 0.29) is 18.4 Å². The van der Waals surface area contributed by atoms with Crippen molar-refractivity contribution in [1.29, 1.82) is 0 Å². The molecule has 0 aliphatic carbocycles. The number of hydrogen-bond donors (Lipinski definition) is 1. The van der Waals surface area contributed by atoms with Gasteiger partial charge in [-0.3, -0.25) is 4.79 Å². The zero-order chi connectivity index (χ0) is 14.5. The molecule has 1 saturated heterocycles. The molecule has 1 atom stereocenters. The fourth-order valence-corrected chi connectivity index (χ4v) is 2.83. The molecule has 1 aromatic carbocycles. The van der Waals surface area contributed by atoms with Crippen LogP contribution >= 0.6 is 11.6 Å². The molecule has 3 nitrogen and oxygen atoms in total. The summed E-state index contributed by atoms with van der Waals surface area (Å²) in [7, 11) is 0. The standard InChI is InChI=1S/C16H20ClNO2/c1-12(14-6-2-3-7-15(14)17)9-16(20)18-8-4-5-13(10-18)11-19/h2-3,6-7,9,13,19H,4-5,8,10-11H2,1H3/b12-9-. The maximum atomic E-state index is 12.3. The Labute approximate surface area is 124 Å². The molecule has 1 fully saturated rings. The van der Waals surface area contributed by atoms with E-state index in [4.69, 9.17) is 11.6 Å². The summed E-state index contributed by atoms with van der Waals surface area (Å²) in [6, 6.07) is 7.51. The lowest BCUT2D eigenvalue weighted by Gasteiger charge is -2.31. The predicted molar refractivity (Wildman–Crippen MR) is 81.5 cm³/mol. The first-order chi connectivity index (χ1) is 9.61. The summed E-state index contributed by atoms with van der Waals surface area (Å²) >= 11 is 6.14. The number of aliphatic hydroxyl groups is 1. The molecule has 1 N–H and O–H groups in total. The maximum absolute atomic E-state index is 12.3. The van der Waals surface area contributed by atoms with Gasteiger partial charge in [0.25, 0.3) is 0 Å². The molecular formula is C16H20ClNO2. The van der Waals surface area contributed by atoms with Gasteiger partial charge in [-0.25, -0.2) is 0 Å². The van der Waals surface area contributed by atoms with Crippen molar-refractivity contribution < 1.29 is 9.90 Å². The zero-order valence-corrected chi connectivity index (χ0v) is 12.4. The third-order valence-electron chi connectivity index (χ3n) is 3.73. The Kier molecular flexibility index (Phi) is 5.21. The Morgan fingerprint density at radius 3 is 2.95 bits per heavy atom. The largest absolute Gasteiger partial charge is 0.396 e. The lowest BCUT2D eigenvalue weighted by molar-refractivity contribution is -0.128. The summed E-state index contributed by atoms with van der Waals surface area (Å²) in [5.41, 5.74) is 1.75. The number of amides is 1. The van der Waals surface area contributed by atoms with E-state index >= 15 is 0 Å². The Bertz CT molecular complexity index is 513. The van der Waals surface area contributed by atoms with Crippen LogP contribution in [0.5, 0.6) is 0 Å². The third-order valence-corrected chi connectivity index (χ3v) is 4.06. The lowest BCUT2D eigenvalue weighted by Crippen LogP contribution is -2.40. The molecule has 1 aromatic rings. The first kappa shape index (κ1) is 15.1. The fourth-order valence-electron chi connectivity index (χ4n) is 2.55. The quantitative estimate of drug-likeness (QED) is 0.871. The molecule has 0 saturated carbocycles. The van der Waals surface area contributed by atoms with Gasteiger partial charge in [0.05, 0.1) is 0 Å². The minimum atomic E-state index is 0.000528. The number of benzene rings is 1. The van der Waals surface area contributed by atoms with Crippen molar-refractivity contribution >= 4 is 23.1 Å². The van der Waals surface area contributed by atoms with Crippen molar-refractivity contribution in [2.24, 2.45) is 5.92 Å². The van der Waals surface area contributed by atoms with Gasteiger partial charge in [-0.2, -0.15) is 0 Å². The number of piperidine rings is 1. The predicted octanol–water partition coefficient (Wildman–Crippen LogP) is 2.97. The first-order valence-corrected chi connectivity index (χ1v) is 7.32. The molecule has 0 radical (unpaired) electrons. The number of allylic oxidation sites excluding steroid dienone is 1. The highest BCUT2D eigenvalue weighted by Gasteiger charge is 2.22. The minimum Gasteiger partial charge on any atom is -0.396 e. The minimum absolute atomic E-state index is 0.000528. The van der Waals surface area contributed by atoms with Crippen LogP contribution in [0.2, 0.25) is 5.02 Å². The molecule has 4 heteroatoms. The number of likely N-dealkylation sites (tertiary alicyclic amines) is 1. The Balaban J connectivity index is 2.10. The molecule has 1 aliphatic rings. The summed E-state index contributed by atoms with van der Waals surface area (Å²) in [4.78, 5) is 14.1. The van der Waals surface area contributed by atoms with Crippen LogP contribution in [0.25, 0.3) is 5.57 Å². The van der Waals surface area contributed by atoms with Crippen LogP contribution in [0.3, 0.4) is 0 Å². The highest BCUT2D eigenvalue weighted by atomic mass is 35.5. The second-order valence-electron chi connectivity index (χ2n) is 5.28. The monoisotopic (exact) mass is 293 g/mol. The highest BCUT2D eigenvalue weighted by molar-refractivity contribution is 6.32. The number of carbonyl (C=O) groups is 1. The lowest BCUT2D eigenvalue weighted by atomic mass is 9.98. The van der Waals surface area contributed by atoms with Gasteiger partial charge >= 0.3 is 0 Å². The molecule has 0 bridgehead atoms. The zero-order valence-electron chi connectivity index (χ0n) is 11.7. The molecule has 1 heterocycles. The molecule has 108 valence electrons.